The molecule has 0 aromatic rings. The first-order valence-corrected chi connectivity index (χ1v) is 4.26. The second-order valence-corrected chi connectivity index (χ2v) is 3.50. The van der Waals surface area contributed by atoms with Crippen LogP contribution in [-0.2, 0) is 14.3 Å². The van der Waals surface area contributed by atoms with Crippen LogP contribution in [0.1, 0.15) is 6.92 Å². The summed E-state index contributed by atoms with van der Waals surface area (Å²) in [6.45, 7) is 0.437. The molecule has 1 rings (SSSR count). The molecule has 0 spiro atoms. The monoisotopic (exact) mass is 228 g/mol. The summed E-state index contributed by atoms with van der Waals surface area (Å²) in [6, 6.07) is 0. The van der Waals surface area contributed by atoms with Crippen LogP contribution in [0, 0.1) is 0 Å². The minimum Gasteiger partial charge on any atom is -0.431 e. The van der Waals surface area contributed by atoms with Gasteiger partial charge in [0, 0.05) is 6.92 Å². The first-order chi connectivity index (χ1) is 6.39. The Bertz CT molecular complexity index is 234. The third kappa shape index (κ3) is 1.98. The molecule has 1 aliphatic heterocycles. The summed E-state index contributed by atoms with van der Waals surface area (Å²) in [7, 11) is 0. The number of hydrogen-bond acceptors (Lipinski definition) is 5. The number of rotatable bonds is 2. The van der Waals surface area contributed by atoms with E-state index in [0.29, 0.717) is 0 Å². The molecular weight excluding hydrogens is 219 g/mol. The molecule has 1 unspecified atom stereocenters. The van der Waals surface area contributed by atoms with Crippen molar-refractivity contribution in [1.82, 2.24) is 0 Å². The van der Waals surface area contributed by atoms with Gasteiger partial charge in [0.2, 0.25) is 0 Å². The van der Waals surface area contributed by atoms with Crippen LogP contribution in [0.5, 0.6) is 0 Å². The molecule has 0 saturated carbocycles. The maximum atomic E-state index is 13.5. The van der Waals surface area contributed by atoms with Crippen molar-refractivity contribution in [1.29, 1.82) is 0 Å². The summed E-state index contributed by atoms with van der Waals surface area (Å²) in [6.07, 6.45) is -4.63. The topological polar surface area (TPSA) is 76.0 Å². The number of aliphatic hydroxyl groups excluding tert-OH is 2. The van der Waals surface area contributed by atoms with Crippen LogP contribution < -0.4 is 0 Å². The number of carbonyl (C=O) groups is 1. The van der Waals surface area contributed by atoms with Crippen molar-refractivity contribution in [2.24, 2.45) is 0 Å². The van der Waals surface area contributed by atoms with Gasteiger partial charge in [-0.3, -0.25) is 4.79 Å². The molecule has 1 aliphatic rings. The minimum absolute atomic E-state index is 0.614. The molecule has 0 bridgehead atoms. The van der Waals surface area contributed by atoms with Crippen molar-refractivity contribution in [2.45, 2.75) is 30.5 Å². The SMILES string of the molecule is CC(=O)OC1O[C@H](CO)[C@@H](O)[C@]1(F)Cl. The van der Waals surface area contributed by atoms with Gasteiger partial charge in [-0.05, 0) is 0 Å². The zero-order chi connectivity index (χ0) is 10.9. The Morgan fingerprint density at radius 3 is 2.71 bits per heavy atom. The summed E-state index contributed by atoms with van der Waals surface area (Å²) in [5.74, 6) is -0.788. The van der Waals surface area contributed by atoms with Crippen LogP contribution in [0.25, 0.3) is 0 Å². The van der Waals surface area contributed by atoms with E-state index in [-0.39, 0.29) is 0 Å². The smallest absolute Gasteiger partial charge is 0.305 e. The Hall–Kier alpha value is -0.430. The van der Waals surface area contributed by atoms with Crippen molar-refractivity contribution in [3.63, 3.8) is 0 Å². The number of aliphatic hydroxyl groups is 2. The van der Waals surface area contributed by atoms with Gasteiger partial charge in [-0.2, -0.15) is 0 Å². The van der Waals surface area contributed by atoms with Crippen LogP contribution in [0.2, 0.25) is 0 Å². The third-order valence-electron chi connectivity index (χ3n) is 1.81. The van der Waals surface area contributed by atoms with Crippen LogP contribution in [0.4, 0.5) is 4.39 Å². The lowest BCUT2D eigenvalue weighted by molar-refractivity contribution is -0.186. The lowest BCUT2D eigenvalue weighted by Crippen LogP contribution is -2.41. The van der Waals surface area contributed by atoms with E-state index in [0.717, 1.165) is 6.92 Å². The lowest BCUT2D eigenvalue weighted by atomic mass is 10.1. The van der Waals surface area contributed by atoms with E-state index >= 15 is 0 Å². The lowest BCUT2D eigenvalue weighted by Gasteiger charge is -2.20. The van der Waals surface area contributed by atoms with Crippen LogP contribution in [0.3, 0.4) is 0 Å². The average molecular weight is 229 g/mol. The molecule has 7 heteroatoms. The van der Waals surface area contributed by atoms with Gasteiger partial charge in [0.05, 0.1) is 6.61 Å². The first kappa shape index (κ1) is 11.6. The van der Waals surface area contributed by atoms with Gasteiger partial charge in [0.25, 0.3) is 11.4 Å². The number of hydrogen-bond donors (Lipinski definition) is 2. The second kappa shape index (κ2) is 3.98. The molecule has 0 aliphatic carbocycles. The van der Waals surface area contributed by atoms with E-state index in [1.165, 1.54) is 0 Å². The maximum absolute atomic E-state index is 13.5. The summed E-state index contributed by atoms with van der Waals surface area (Å²) < 4.78 is 22.6. The average Bonchev–Trinajstić information content (AvgIpc) is 2.28. The van der Waals surface area contributed by atoms with Crippen LogP contribution >= 0.6 is 11.6 Å². The quantitative estimate of drug-likeness (QED) is 0.494. The number of carbonyl (C=O) groups excluding carboxylic acids is 1. The van der Waals surface area contributed by atoms with Crippen molar-refractivity contribution >= 4 is 17.6 Å². The molecule has 82 valence electrons. The normalized spacial score (nSPS) is 42.5. The Morgan fingerprint density at radius 1 is 1.79 bits per heavy atom. The fraction of sp³-hybridized carbons (Fsp3) is 0.857. The summed E-state index contributed by atoms with van der Waals surface area (Å²) in [5, 5.41) is 15.2. The Morgan fingerprint density at radius 2 is 2.36 bits per heavy atom. The van der Waals surface area contributed by atoms with E-state index in [2.05, 4.69) is 4.74 Å². The van der Waals surface area contributed by atoms with Crippen LogP contribution in [-0.4, -0.2) is 46.4 Å². The Kier molecular flexibility index (Phi) is 3.31. The van der Waals surface area contributed by atoms with Gasteiger partial charge in [0.15, 0.2) is 0 Å². The first-order valence-electron chi connectivity index (χ1n) is 3.89. The second-order valence-electron chi connectivity index (χ2n) is 2.92. The van der Waals surface area contributed by atoms with Gasteiger partial charge < -0.3 is 19.7 Å². The largest absolute Gasteiger partial charge is 0.431 e. The minimum atomic E-state index is -2.72. The number of ether oxygens (including phenoxy) is 2. The van der Waals surface area contributed by atoms with Crippen molar-refractivity contribution in [3.8, 4) is 0 Å². The zero-order valence-corrected chi connectivity index (χ0v) is 8.07. The molecule has 0 aromatic heterocycles. The summed E-state index contributed by atoms with van der Waals surface area (Å²) in [5.41, 5.74) is 0. The summed E-state index contributed by atoms with van der Waals surface area (Å²) in [4.78, 5) is 10.5. The molecule has 1 fully saturated rings. The van der Waals surface area contributed by atoms with Crippen molar-refractivity contribution in [3.05, 3.63) is 0 Å². The van der Waals surface area contributed by atoms with E-state index in [1.54, 1.807) is 0 Å². The molecule has 0 amide bonds. The molecule has 14 heavy (non-hydrogen) atoms. The molecule has 2 N–H and O–H groups in total. The van der Waals surface area contributed by atoms with Crippen molar-refractivity contribution in [2.75, 3.05) is 6.61 Å². The number of esters is 1. The highest BCUT2D eigenvalue weighted by Gasteiger charge is 2.58. The molecular formula is C7H10ClFO5. The van der Waals surface area contributed by atoms with Gasteiger partial charge >= 0.3 is 5.97 Å². The highest BCUT2D eigenvalue weighted by Crippen LogP contribution is 2.38. The van der Waals surface area contributed by atoms with Gasteiger partial charge in [-0.1, -0.05) is 11.6 Å². The maximum Gasteiger partial charge on any atom is 0.305 e. The summed E-state index contributed by atoms with van der Waals surface area (Å²) >= 11 is 5.27. The predicted octanol–water partition coefficient (Wildman–Crippen LogP) is -0.468. The molecule has 0 aromatic carbocycles. The van der Waals surface area contributed by atoms with Gasteiger partial charge in [0.1, 0.15) is 12.2 Å². The molecule has 5 nitrogen and oxygen atoms in total. The molecule has 1 heterocycles. The zero-order valence-electron chi connectivity index (χ0n) is 7.31. The third-order valence-corrected chi connectivity index (χ3v) is 2.21. The van der Waals surface area contributed by atoms with Crippen molar-refractivity contribution < 1.29 is 28.9 Å². The number of halogens is 2. The Labute approximate surface area is 84.4 Å². The highest BCUT2D eigenvalue weighted by atomic mass is 35.5. The predicted molar refractivity (Wildman–Crippen MR) is 43.2 cm³/mol. The van der Waals surface area contributed by atoms with Gasteiger partial charge in [-0.15, -0.1) is 0 Å². The van der Waals surface area contributed by atoms with E-state index < -0.39 is 36.2 Å². The van der Waals surface area contributed by atoms with E-state index in [9.17, 15) is 14.3 Å². The van der Waals surface area contributed by atoms with E-state index in [4.69, 9.17) is 21.4 Å². The molecule has 1 saturated heterocycles. The van der Waals surface area contributed by atoms with Gasteiger partial charge in [-0.25, -0.2) is 4.39 Å². The number of alkyl halides is 2. The Balaban J connectivity index is 2.74. The molecule has 4 atom stereocenters. The van der Waals surface area contributed by atoms with E-state index in [1.807, 2.05) is 0 Å². The fourth-order valence-electron chi connectivity index (χ4n) is 1.11. The van der Waals surface area contributed by atoms with Crippen LogP contribution in [0.15, 0.2) is 0 Å². The standard InChI is InChI=1S/C7H10ClFO5/c1-3(11)13-6-7(8,9)5(12)4(2-10)14-6/h4-6,10,12H,2H2,1H3/t4-,5-,6?,7-/m1/s1. The fourth-order valence-corrected chi connectivity index (χ4v) is 1.35. The highest BCUT2D eigenvalue weighted by molar-refractivity contribution is 6.23. The molecule has 0 radical (unpaired) electrons.